The first kappa shape index (κ1) is 20.8. The monoisotopic (exact) mass is 498 g/mol. The molecule has 1 saturated heterocycles. The lowest BCUT2D eigenvalue weighted by molar-refractivity contribution is -0.140. The third-order valence-corrected chi connectivity index (χ3v) is 5.83. The molecule has 2 N–H and O–H groups in total. The van der Waals surface area contributed by atoms with E-state index in [0.29, 0.717) is 19.0 Å². The molecule has 1 saturated carbocycles. The third kappa shape index (κ3) is 3.94. The Morgan fingerprint density at radius 2 is 1.82 bits per heavy atom. The number of aliphatic imine (C=N–C) groups is 1. The Hall–Kier alpha value is -1.91. The zero-order chi connectivity index (χ0) is 18.8. The van der Waals surface area contributed by atoms with Crippen molar-refractivity contribution in [3.8, 4) is 0 Å². The number of carbonyl (C=O) groups is 2. The summed E-state index contributed by atoms with van der Waals surface area (Å²) in [6, 6.07) is 1.91. The van der Waals surface area contributed by atoms with Crippen LogP contribution in [0.25, 0.3) is 0 Å². The van der Waals surface area contributed by atoms with Gasteiger partial charge in [0.1, 0.15) is 0 Å². The lowest BCUT2D eigenvalue weighted by atomic mass is 9.85. The van der Waals surface area contributed by atoms with E-state index in [1.165, 1.54) is 4.90 Å². The van der Waals surface area contributed by atoms with Gasteiger partial charge in [-0.15, -0.1) is 24.0 Å². The number of aryl methyl sites for hydroxylation is 1. The van der Waals surface area contributed by atoms with Crippen LogP contribution >= 0.6 is 24.0 Å². The van der Waals surface area contributed by atoms with Crippen LogP contribution in [0.1, 0.15) is 12.8 Å². The van der Waals surface area contributed by atoms with Gasteiger partial charge >= 0.3 is 0 Å². The van der Waals surface area contributed by atoms with E-state index in [0.717, 1.165) is 25.9 Å². The molecule has 2 aliphatic carbocycles. The number of hydrogen-bond donors (Lipinski definition) is 2. The molecule has 152 valence electrons. The van der Waals surface area contributed by atoms with E-state index in [9.17, 15) is 9.59 Å². The highest BCUT2D eigenvalue weighted by Crippen LogP contribution is 2.52. The van der Waals surface area contributed by atoms with Crippen LogP contribution < -0.4 is 10.6 Å². The Morgan fingerprint density at radius 3 is 2.43 bits per heavy atom. The van der Waals surface area contributed by atoms with Gasteiger partial charge in [0, 0.05) is 45.6 Å². The number of likely N-dealkylation sites (tertiary alicyclic amines) is 1. The fraction of sp³-hybridized carbons (Fsp3) is 0.579. The van der Waals surface area contributed by atoms with Gasteiger partial charge in [-0.2, -0.15) is 5.10 Å². The molecule has 4 rings (SSSR count). The Balaban J connectivity index is 0.00000225. The number of hydrogen-bond acceptors (Lipinski definition) is 4. The molecule has 0 spiro atoms. The van der Waals surface area contributed by atoms with Crippen molar-refractivity contribution in [3.05, 3.63) is 30.6 Å². The summed E-state index contributed by atoms with van der Waals surface area (Å²) in [6.07, 6.45) is 9.83. The summed E-state index contributed by atoms with van der Waals surface area (Å²) in [5.41, 5.74) is 0. The molecule has 28 heavy (non-hydrogen) atoms. The number of rotatable bonds is 7. The quantitative estimate of drug-likeness (QED) is 0.145. The summed E-state index contributed by atoms with van der Waals surface area (Å²) in [5.74, 6) is 0.977. The summed E-state index contributed by atoms with van der Waals surface area (Å²) in [4.78, 5) is 30.9. The van der Waals surface area contributed by atoms with Crippen LogP contribution in [0, 0.1) is 23.7 Å². The number of nitrogens with one attached hydrogen (secondary N) is 2. The lowest BCUT2D eigenvalue weighted by Gasteiger charge is -2.18. The fourth-order valence-corrected chi connectivity index (χ4v) is 4.57. The van der Waals surface area contributed by atoms with E-state index in [-0.39, 0.29) is 59.5 Å². The molecule has 9 heteroatoms. The van der Waals surface area contributed by atoms with Crippen molar-refractivity contribution in [3.63, 3.8) is 0 Å². The summed E-state index contributed by atoms with van der Waals surface area (Å²) < 4.78 is 1.89. The maximum atomic E-state index is 12.6. The van der Waals surface area contributed by atoms with Crippen LogP contribution in [0.2, 0.25) is 0 Å². The minimum Gasteiger partial charge on any atom is -0.356 e. The van der Waals surface area contributed by atoms with Gasteiger partial charge in [-0.05, 0) is 30.7 Å². The number of guanidine groups is 1. The third-order valence-electron chi connectivity index (χ3n) is 5.83. The van der Waals surface area contributed by atoms with Gasteiger partial charge in [0.2, 0.25) is 11.8 Å². The Bertz CT molecular complexity index is 732. The van der Waals surface area contributed by atoms with E-state index < -0.39 is 0 Å². The summed E-state index contributed by atoms with van der Waals surface area (Å²) in [6.45, 7) is 2.49. The van der Waals surface area contributed by atoms with Crippen LogP contribution in [-0.2, 0) is 16.1 Å². The molecule has 8 nitrogen and oxygen atoms in total. The van der Waals surface area contributed by atoms with E-state index in [4.69, 9.17) is 0 Å². The van der Waals surface area contributed by atoms with Crippen molar-refractivity contribution >= 4 is 41.8 Å². The Morgan fingerprint density at radius 1 is 1.14 bits per heavy atom. The molecule has 2 bridgehead atoms. The average Bonchev–Trinajstić information content (AvgIpc) is 3.44. The molecule has 1 aromatic rings. The van der Waals surface area contributed by atoms with Gasteiger partial charge in [-0.25, -0.2) is 0 Å². The number of aromatic nitrogens is 2. The maximum absolute atomic E-state index is 12.6. The molecule has 0 aromatic carbocycles. The molecular weight excluding hydrogens is 471 g/mol. The molecule has 4 atom stereocenters. The van der Waals surface area contributed by atoms with Gasteiger partial charge in [0.15, 0.2) is 5.96 Å². The minimum atomic E-state index is -0.118. The lowest BCUT2D eigenvalue weighted by Crippen LogP contribution is -2.44. The van der Waals surface area contributed by atoms with E-state index >= 15 is 0 Å². The number of carbonyl (C=O) groups excluding carboxylic acids is 2. The van der Waals surface area contributed by atoms with Crippen LogP contribution in [0.4, 0.5) is 0 Å². The van der Waals surface area contributed by atoms with Crippen molar-refractivity contribution in [2.75, 3.05) is 26.7 Å². The van der Waals surface area contributed by atoms with E-state index in [1.54, 1.807) is 13.2 Å². The maximum Gasteiger partial charge on any atom is 0.233 e. The molecule has 2 heterocycles. The van der Waals surface area contributed by atoms with E-state index in [2.05, 4.69) is 32.9 Å². The second-order valence-corrected chi connectivity index (χ2v) is 7.38. The average molecular weight is 498 g/mol. The second kappa shape index (κ2) is 9.06. The van der Waals surface area contributed by atoms with Crippen molar-refractivity contribution in [1.29, 1.82) is 0 Å². The normalized spacial score (nSPS) is 27.9. The van der Waals surface area contributed by atoms with Crippen molar-refractivity contribution < 1.29 is 9.59 Å². The predicted molar refractivity (Wildman–Crippen MR) is 116 cm³/mol. The van der Waals surface area contributed by atoms with Crippen LogP contribution in [-0.4, -0.2) is 59.1 Å². The zero-order valence-corrected chi connectivity index (χ0v) is 18.3. The first-order valence-corrected chi connectivity index (χ1v) is 9.64. The van der Waals surface area contributed by atoms with Crippen molar-refractivity contribution in [2.45, 2.75) is 19.4 Å². The van der Waals surface area contributed by atoms with Gasteiger partial charge < -0.3 is 10.6 Å². The topological polar surface area (TPSA) is 91.6 Å². The first-order chi connectivity index (χ1) is 13.2. The first-order valence-electron chi connectivity index (χ1n) is 9.64. The molecule has 2 amide bonds. The number of imide groups is 1. The highest BCUT2D eigenvalue weighted by molar-refractivity contribution is 14.0. The molecular formula is C19H27IN6O2. The fourth-order valence-electron chi connectivity index (χ4n) is 4.57. The van der Waals surface area contributed by atoms with Gasteiger partial charge in [0.05, 0.1) is 11.8 Å². The zero-order valence-electron chi connectivity index (χ0n) is 16.0. The van der Waals surface area contributed by atoms with Gasteiger partial charge in [-0.3, -0.25) is 24.2 Å². The van der Waals surface area contributed by atoms with Crippen molar-refractivity contribution in [1.82, 2.24) is 25.3 Å². The molecule has 4 unspecified atom stereocenters. The largest absolute Gasteiger partial charge is 0.356 e. The Kier molecular flexibility index (Phi) is 6.73. The molecule has 1 aromatic heterocycles. The molecule has 3 aliphatic rings. The van der Waals surface area contributed by atoms with Gasteiger partial charge in [0.25, 0.3) is 0 Å². The van der Waals surface area contributed by atoms with Crippen LogP contribution in [0.15, 0.2) is 35.6 Å². The number of allylic oxidation sites excluding steroid dienone is 2. The molecule has 0 radical (unpaired) electrons. The second-order valence-electron chi connectivity index (χ2n) is 7.38. The minimum absolute atomic E-state index is 0. The highest BCUT2D eigenvalue weighted by atomic mass is 127. The standard InChI is InChI=1S/C19H26N6O2.HI/c1-20-19(21-6-2-9-24-10-3-7-23-24)22-8-11-25-17(26)15-13-4-5-14(12-13)16(15)18(25)27;/h3-5,7,10,13-16H,2,6,8-9,11-12H2,1H3,(H2,20,21,22);1H. The van der Waals surface area contributed by atoms with Crippen LogP contribution in [0.3, 0.4) is 0 Å². The Labute approximate surface area is 181 Å². The van der Waals surface area contributed by atoms with Crippen molar-refractivity contribution in [2.24, 2.45) is 28.7 Å². The number of nitrogens with zero attached hydrogens (tertiary/aromatic N) is 4. The molecule has 2 fully saturated rings. The van der Waals surface area contributed by atoms with E-state index in [1.807, 2.05) is 16.9 Å². The predicted octanol–water partition coefficient (Wildman–Crippen LogP) is 0.863. The van der Waals surface area contributed by atoms with Gasteiger partial charge in [-0.1, -0.05) is 12.2 Å². The number of amides is 2. The summed E-state index contributed by atoms with van der Waals surface area (Å²) >= 11 is 0. The SMILES string of the molecule is CN=C(NCCCn1cccn1)NCCN1C(=O)C2C3C=CC(C3)C2C1=O.I. The highest BCUT2D eigenvalue weighted by Gasteiger charge is 2.58. The smallest absolute Gasteiger partial charge is 0.233 e. The summed E-state index contributed by atoms with van der Waals surface area (Å²) in [7, 11) is 1.71. The number of halogens is 1. The number of fused-ring (bicyclic) bond motifs is 5. The molecule has 1 aliphatic heterocycles. The summed E-state index contributed by atoms with van der Waals surface area (Å²) in [5, 5.41) is 10.6. The van der Waals surface area contributed by atoms with Crippen LogP contribution in [0.5, 0.6) is 0 Å².